The maximum atomic E-state index is 9.93. The van der Waals surface area contributed by atoms with Crippen LogP contribution in [0.25, 0.3) is 0 Å². The molecule has 3 unspecified atom stereocenters. The first kappa shape index (κ1) is 15.2. The predicted octanol–water partition coefficient (Wildman–Crippen LogP) is 3.26. The lowest BCUT2D eigenvalue weighted by Crippen LogP contribution is -2.27. The van der Waals surface area contributed by atoms with E-state index in [1.165, 1.54) is 11.1 Å². The van der Waals surface area contributed by atoms with Crippen molar-refractivity contribution in [1.82, 2.24) is 0 Å². The third-order valence-electron chi connectivity index (χ3n) is 3.58. The zero-order chi connectivity index (χ0) is 13.5. The fourth-order valence-corrected chi connectivity index (χ4v) is 2.23. The van der Waals surface area contributed by atoms with E-state index in [2.05, 4.69) is 38.1 Å². The van der Waals surface area contributed by atoms with E-state index in [1.54, 1.807) is 0 Å². The Morgan fingerprint density at radius 3 is 2.11 bits per heavy atom. The zero-order valence-corrected chi connectivity index (χ0v) is 11.8. The second kappa shape index (κ2) is 7.55. The maximum Gasteiger partial charge on any atom is 0.0804 e. The SMILES string of the molecule is CCCC(O)C(O)CC(C)c1ccc(CC)cc1. The Morgan fingerprint density at radius 1 is 1.00 bits per heavy atom. The fraction of sp³-hybridized carbons (Fsp3) is 0.625. The first-order chi connectivity index (χ1) is 8.58. The number of aryl methyl sites for hydroxylation is 1. The Bertz CT molecular complexity index is 331. The molecule has 1 aromatic rings. The summed E-state index contributed by atoms with van der Waals surface area (Å²) >= 11 is 0. The van der Waals surface area contributed by atoms with Gasteiger partial charge in [0.1, 0.15) is 0 Å². The molecule has 18 heavy (non-hydrogen) atoms. The molecule has 0 amide bonds. The van der Waals surface area contributed by atoms with E-state index in [0.717, 1.165) is 12.8 Å². The molecule has 0 aliphatic carbocycles. The van der Waals surface area contributed by atoms with Crippen molar-refractivity contribution in [2.24, 2.45) is 0 Å². The third kappa shape index (κ3) is 4.43. The van der Waals surface area contributed by atoms with E-state index in [4.69, 9.17) is 0 Å². The molecule has 0 radical (unpaired) electrons. The summed E-state index contributed by atoms with van der Waals surface area (Å²) in [6.07, 6.45) is 2.03. The van der Waals surface area contributed by atoms with E-state index < -0.39 is 12.2 Å². The lowest BCUT2D eigenvalue weighted by molar-refractivity contribution is 0.00638. The molecule has 0 aliphatic rings. The summed E-state index contributed by atoms with van der Waals surface area (Å²) in [6, 6.07) is 8.53. The highest BCUT2D eigenvalue weighted by Crippen LogP contribution is 2.23. The standard InChI is InChI=1S/C16H26O2/c1-4-6-15(17)16(18)11-12(3)14-9-7-13(5-2)8-10-14/h7-10,12,15-18H,4-6,11H2,1-3H3. The molecule has 0 saturated carbocycles. The van der Waals surface area contributed by atoms with Gasteiger partial charge in [-0.15, -0.1) is 0 Å². The molecule has 0 saturated heterocycles. The zero-order valence-electron chi connectivity index (χ0n) is 11.8. The second-order valence-electron chi connectivity index (χ2n) is 5.16. The van der Waals surface area contributed by atoms with Crippen LogP contribution in [0.15, 0.2) is 24.3 Å². The van der Waals surface area contributed by atoms with Gasteiger partial charge in [0.2, 0.25) is 0 Å². The number of rotatable bonds is 7. The van der Waals surface area contributed by atoms with Gasteiger partial charge in [-0.25, -0.2) is 0 Å². The van der Waals surface area contributed by atoms with Gasteiger partial charge in [0.15, 0.2) is 0 Å². The van der Waals surface area contributed by atoms with Crippen LogP contribution in [-0.2, 0) is 6.42 Å². The number of hydrogen-bond acceptors (Lipinski definition) is 2. The molecule has 0 heterocycles. The molecular weight excluding hydrogens is 224 g/mol. The molecule has 1 aromatic carbocycles. The van der Waals surface area contributed by atoms with Crippen LogP contribution in [-0.4, -0.2) is 22.4 Å². The largest absolute Gasteiger partial charge is 0.390 e. The van der Waals surface area contributed by atoms with E-state index in [1.807, 2.05) is 6.92 Å². The summed E-state index contributed by atoms with van der Waals surface area (Å²) in [5, 5.41) is 19.7. The van der Waals surface area contributed by atoms with E-state index >= 15 is 0 Å². The van der Waals surface area contributed by atoms with Gasteiger partial charge >= 0.3 is 0 Å². The van der Waals surface area contributed by atoms with Gasteiger partial charge in [0.05, 0.1) is 12.2 Å². The molecule has 3 atom stereocenters. The second-order valence-corrected chi connectivity index (χ2v) is 5.16. The van der Waals surface area contributed by atoms with E-state index in [-0.39, 0.29) is 5.92 Å². The predicted molar refractivity (Wildman–Crippen MR) is 75.8 cm³/mol. The highest BCUT2D eigenvalue weighted by molar-refractivity contribution is 5.25. The Hall–Kier alpha value is -0.860. The minimum atomic E-state index is -0.620. The number of aliphatic hydroxyl groups is 2. The van der Waals surface area contributed by atoms with Crippen LogP contribution >= 0.6 is 0 Å². The molecule has 102 valence electrons. The molecule has 0 spiro atoms. The Balaban J connectivity index is 2.55. The molecule has 0 bridgehead atoms. The van der Waals surface area contributed by atoms with Gasteiger partial charge in [-0.05, 0) is 36.3 Å². The molecule has 2 N–H and O–H groups in total. The normalized spacial score (nSPS) is 16.3. The maximum absolute atomic E-state index is 9.93. The van der Waals surface area contributed by atoms with E-state index in [9.17, 15) is 10.2 Å². The molecule has 0 aromatic heterocycles. The molecule has 1 rings (SSSR count). The molecule has 0 aliphatic heterocycles. The van der Waals surface area contributed by atoms with Crippen molar-refractivity contribution in [1.29, 1.82) is 0 Å². The number of aliphatic hydroxyl groups excluding tert-OH is 2. The van der Waals surface area contributed by atoms with Crippen molar-refractivity contribution in [3.05, 3.63) is 35.4 Å². The summed E-state index contributed by atoms with van der Waals surface area (Å²) in [6.45, 7) is 6.26. The van der Waals surface area contributed by atoms with Crippen molar-refractivity contribution in [2.75, 3.05) is 0 Å². The monoisotopic (exact) mass is 250 g/mol. The summed E-state index contributed by atoms with van der Waals surface area (Å²) in [5.74, 6) is 0.275. The molecule has 0 fully saturated rings. The topological polar surface area (TPSA) is 40.5 Å². The van der Waals surface area contributed by atoms with Gasteiger partial charge < -0.3 is 10.2 Å². The van der Waals surface area contributed by atoms with Crippen LogP contribution in [0.3, 0.4) is 0 Å². The Morgan fingerprint density at radius 2 is 1.61 bits per heavy atom. The fourth-order valence-electron chi connectivity index (χ4n) is 2.23. The average molecular weight is 250 g/mol. The van der Waals surface area contributed by atoms with Gasteiger partial charge in [0, 0.05) is 0 Å². The van der Waals surface area contributed by atoms with Crippen LogP contribution in [0.4, 0.5) is 0 Å². The van der Waals surface area contributed by atoms with Gasteiger partial charge in [0.25, 0.3) is 0 Å². The first-order valence-corrected chi connectivity index (χ1v) is 7.03. The van der Waals surface area contributed by atoms with Crippen molar-refractivity contribution >= 4 is 0 Å². The summed E-state index contributed by atoms with van der Waals surface area (Å²) in [4.78, 5) is 0. The smallest absolute Gasteiger partial charge is 0.0804 e. The first-order valence-electron chi connectivity index (χ1n) is 7.03. The van der Waals surface area contributed by atoms with Crippen molar-refractivity contribution in [2.45, 2.75) is 64.6 Å². The summed E-state index contributed by atoms with van der Waals surface area (Å²) in [5.41, 5.74) is 2.56. The van der Waals surface area contributed by atoms with Crippen LogP contribution in [0.5, 0.6) is 0 Å². The lowest BCUT2D eigenvalue weighted by Gasteiger charge is -2.21. The number of benzene rings is 1. The molecule has 2 heteroatoms. The summed E-state index contributed by atoms with van der Waals surface area (Å²) in [7, 11) is 0. The van der Waals surface area contributed by atoms with Gasteiger partial charge in [-0.2, -0.15) is 0 Å². The Kier molecular flexibility index (Phi) is 6.37. The van der Waals surface area contributed by atoms with Crippen molar-refractivity contribution in [3.8, 4) is 0 Å². The third-order valence-corrected chi connectivity index (χ3v) is 3.58. The lowest BCUT2D eigenvalue weighted by atomic mass is 9.91. The van der Waals surface area contributed by atoms with Crippen LogP contribution in [0.1, 0.15) is 57.1 Å². The molecule has 2 nitrogen and oxygen atoms in total. The van der Waals surface area contributed by atoms with Crippen LogP contribution in [0.2, 0.25) is 0 Å². The Labute approximate surface area is 111 Å². The van der Waals surface area contributed by atoms with E-state index in [0.29, 0.717) is 12.8 Å². The average Bonchev–Trinajstić information content (AvgIpc) is 2.39. The van der Waals surface area contributed by atoms with Crippen molar-refractivity contribution in [3.63, 3.8) is 0 Å². The minimum absolute atomic E-state index is 0.275. The minimum Gasteiger partial charge on any atom is -0.390 e. The van der Waals surface area contributed by atoms with Crippen LogP contribution in [0, 0.1) is 0 Å². The van der Waals surface area contributed by atoms with Gasteiger partial charge in [-0.1, -0.05) is 51.5 Å². The molecular formula is C16H26O2. The summed E-state index contributed by atoms with van der Waals surface area (Å²) < 4.78 is 0. The highest BCUT2D eigenvalue weighted by Gasteiger charge is 2.19. The van der Waals surface area contributed by atoms with Crippen LogP contribution < -0.4 is 0 Å². The van der Waals surface area contributed by atoms with Gasteiger partial charge in [-0.3, -0.25) is 0 Å². The highest BCUT2D eigenvalue weighted by atomic mass is 16.3. The number of hydrogen-bond donors (Lipinski definition) is 2. The van der Waals surface area contributed by atoms with Crippen molar-refractivity contribution < 1.29 is 10.2 Å². The quantitative estimate of drug-likeness (QED) is 0.779.